The second kappa shape index (κ2) is 9.46. The van der Waals surface area contributed by atoms with Crippen molar-refractivity contribution in [1.29, 1.82) is 0 Å². The van der Waals surface area contributed by atoms with E-state index in [0.29, 0.717) is 21.7 Å². The van der Waals surface area contributed by atoms with Crippen LogP contribution in [0.2, 0.25) is 0 Å². The zero-order valence-corrected chi connectivity index (χ0v) is 19.7. The van der Waals surface area contributed by atoms with Crippen molar-refractivity contribution in [1.82, 2.24) is 14.9 Å². The molecule has 4 rings (SSSR count). The number of nitrogens with zero attached hydrogens (tertiary/aromatic N) is 2. The van der Waals surface area contributed by atoms with Crippen molar-refractivity contribution in [3.8, 4) is 22.6 Å². The van der Waals surface area contributed by atoms with Crippen molar-refractivity contribution >= 4 is 27.5 Å². The van der Waals surface area contributed by atoms with Crippen LogP contribution in [-0.2, 0) is 11.3 Å². The van der Waals surface area contributed by atoms with Crippen molar-refractivity contribution in [2.45, 2.75) is 26.4 Å². The molecule has 0 saturated heterocycles. The van der Waals surface area contributed by atoms with E-state index in [1.54, 1.807) is 26.4 Å². The number of hydrogen-bond acceptors (Lipinski definition) is 6. The van der Waals surface area contributed by atoms with Crippen LogP contribution in [0, 0.1) is 6.92 Å². The lowest BCUT2D eigenvalue weighted by Gasteiger charge is -2.18. The quantitative estimate of drug-likeness (QED) is 0.441. The summed E-state index contributed by atoms with van der Waals surface area (Å²) in [5.41, 5.74) is 2.38. The molecule has 8 heteroatoms. The molecule has 2 aromatic carbocycles. The Labute approximate surface area is 195 Å². The van der Waals surface area contributed by atoms with Crippen LogP contribution >= 0.6 is 11.3 Å². The fraction of sp³-hybridized carbons (Fsp3) is 0.240. The fourth-order valence-electron chi connectivity index (χ4n) is 3.90. The number of carbonyl (C=O) groups excluding carboxylic acids is 1. The van der Waals surface area contributed by atoms with Crippen LogP contribution in [0.25, 0.3) is 21.3 Å². The van der Waals surface area contributed by atoms with Crippen molar-refractivity contribution in [2.24, 2.45) is 0 Å². The summed E-state index contributed by atoms with van der Waals surface area (Å²) >= 11 is 1.48. The van der Waals surface area contributed by atoms with Crippen LogP contribution in [0.1, 0.15) is 23.4 Å². The fourth-order valence-corrected chi connectivity index (χ4v) is 4.90. The maximum absolute atomic E-state index is 13.3. The number of methoxy groups -OCH3 is 2. The van der Waals surface area contributed by atoms with E-state index in [2.05, 4.69) is 10.3 Å². The minimum absolute atomic E-state index is 0.137. The lowest BCUT2D eigenvalue weighted by Crippen LogP contribution is -2.34. The molecule has 0 spiro atoms. The number of thiophene rings is 1. The number of rotatable bonds is 7. The Kier molecular flexibility index (Phi) is 6.46. The second-order valence-electron chi connectivity index (χ2n) is 7.65. The van der Waals surface area contributed by atoms with Crippen molar-refractivity contribution < 1.29 is 14.3 Å². The predicted octanol–water partition coefficient (Wildman–Crippen LogP) is 4.33. The molecule has 33 heavy (non-hydrogen) atoms. The van der Waals surface area contributed by atoms with Gasteiger partial charge in [-0.3, -0.25) is 14.2 Å². The first-order chi connectivity index (χ1) is 15.9. The van der Waals surface area contributed by atoms with Gasteiger partial charge in [0, 0.05) is 16.0 Å². The van der Waals surface area contributed by atoms with E-state index in [9.17, 15) is 9.59 Å². The third kappa shape index (κ3) is 4.47. The monoisotopic (exact) mass is 463 g/mol. The van der Waals surface area contributed by atoms with Crippen LogP contribution in [0.4, 0.5) is 0 Å². The molecule has 1 unspecified atom stereocenters. The normalized spacial score (nSPS) is 11.9. The van der Waals surface area contributed by atoms with Crippen LogP contribution in [0.15, 0.2) is 59.7 Å². The zero-order chi connectivity index (χ0) is 23.5. The number of carbonyl (C=O) groups is 1. The van der Waals surface area contributed by atoms with Crippen molar-refractivity contribution in [3.63, 3.8) is 0 Å². The Morgan fingerprint density at radius 1 is 1.15 bits per heavy atom. The van der Waals surface area contributed by atoms with Gasteiger partial charge in [-0.2, -0.15) is 0 Å². The average Bonchev–Trinajstić information content (AvgIpc) is 3.17. The molecule has 0 aliphatic carbocycles. The summed E-state index contributed by atoms with van der Waals surface area (Å²) < 4.78 is 12.1. The van der Waals surface area contributed by atoms with E-state index in [4.69, 9.17) is 9.47 Å². The Morgan fingerprint density at radius 2 is 1.91 bits per heavy atom. The standard InChI is InChI=1S/C25H25N3O4S/c1-15(19-12-18(31-3)10-11-20(19)32-4)27-21(29)13-28-14-26-24-23(25(28)30)22(16(2)33-24)17-8-6-5-7-9-17/h5-12,14-15H,13H2,1-4H3,(H,27,29). The van der Waals surface area contributed by atoms with E-state index >= 15 is 0 Å². The molecule has 0 fully saturated rings. The molecule has 7 nitrogen and oxygen atoms in total. The van der Waals surface area contributed by atoms with Crippen LogP contribution in [0.5, 0.6) is 11.5 Å². The Morgan fingerprint density at radius 3 is 2.61 bits per heavy atom. The van der Waals surface area contributed by atoms with Gasteiger partial charge in [0.05, 0.1) is 32.0 Å². The lowest BCUT2D eigenvalue weighted by atomic mass is 10.0. The van der Waals surface area contributed by atoms with Crippen LogP contribution in [-0.4, -0.2) is 29.7 Å². The molecule has 4 aromatic rings. The van der Waals surface area contributed by atoms with Gasteiger partial charge in [-0.25, -0.2) is 4.98 Å². The molecule has 0 bridgehead atoms. The first-order valence-corrected chi connectivity index (χ1v) is 11.3. The molecule has 170 valence electrons. The molecule has 0 saturated carbocycles. The van der Waals surface area contributed by atoms with Gasteiger partial charge in [-0.05, 0) is 37.6 Å². The smallest absolute Gasteiger partial charge is 0.263 e. The number of aryl methyl sites for hydroxylation is 1. The molecule has 0 radical (unpaired) electrons. The third-order valence-corrected chi connectivity index (χ3v) is 6.53. The average molecular weight is 464 g/mol. The minimum Gasteiger partial charge on any atom is -0.497 e. The second-order valence-corrected chi connectivity index (χ2v) is 8.86. The molecule has 1 atom stereocenters. The summed E-state index contributed by atoms with van der Waals surface area (Å²) in [6, 6.07) is 14.8. The van der Waals surface area contributed by atoms with E-state index < -0.39 is 0 Å². The Hall–Kier alpha value is -3.65. The minimum atomic E-state index is -0.349. The highest BCUT2D eigenvalue weighted by Crippen LogP contribution is 2.35. The Bertz CT molecular complexity index is 1360. The molecule has 2 heterocycles. The number of fused-ring (bicyclic) bond motifs is 1. The topological polar surface area (TPSA) is 82.4 Å². The van der Waals surface area contributed by atoms with E-state index in [0.717, 1.165) is 21.6 Å². The molecular weight excluding hydrogens is 438 g/mol. The number of benzene rings is 2. The molecule has 0 aliphatic heterocycles. The molecule has 2 aromatic heterocycles. The number of nitrogens with one attached hydrogen (secondary N) is 1. The molecule has 1 N–H and O–H groups in total. The first-order valence-electron chi connectivity index (χ1n) is 10.5. The summed E-state index contributed by atoms with van der Waals surface area (Å²) in [5.74, 6) is 1.01. The Balaban J connectivity index is 1.62. The summed E-state index contributed by atoms with van der Waals surface area (Å²) in [4.78, 5) is 32.3. The highest BCUT2D eigenvalue weighted by Gasteiger charge is 2.19. The van der Waals surface area contributed by atoms with Gasteiger partial charge in [-0.1, -0.05) is 30.3 Å². The van der Waals surface area contributed by atoms with Gasteiger partial charge < -0.3 is 14.8 Å². The molecular formula is C25H25N3O4S. The third-order valence-electron chi connectivity index (χ3n) is 5.51. The molecule has 1 amide bonds. The highest BCUT2D eigenvalue weighted by molar-refractivity contribution is 7.19. The number of ether oxygens (including phenoxy) is 2. The zero-order valence-electron chi connectivity index (χ0n) is 18.9. The van der Waals surface area contributed by atoms with E-state index in [1.165, 1.54) is 22.2 Å². The van der Waals surface area contributed by atoms with Gasteiger partial charge >= 0.3 is 0 Å². The van der Waals surface area contributed by atoms with Crippen LogP contribution < -0.4 is 20.3 Å². The van der Waals surface area contributed by atoms with Gasteiger partial charge in [0.1, 0.15) is 22.9 Å². The number of aromatic nitrogens is 2. The van der Waals surface area contributed by atoms with E-state index in [-0.39, 0.29) is 24.1 Å². The maximum atomic E-state index is 13.3. The predicted molar refractivity (Wildman–Crippen MR) is 130 cm³/mol. The SMILES string of the molecule is COc1ccc(OC)c(C(C)NC(=O)Cn2cnc3sc(C)c(-c4ccccc4)c3c2=O)c1. The van der Waals surface area contributed by atoms with Gasteiger partial charge in [0.15, 0.2) is 0 Å². The first kappa shape index (κ1) is 22.5. The summed E-state index contributed by atoms with van der Waals surface area (Å²) in [6.07, 6.45) is 1.44. The highest BCUT2D eigenvalue weighted by atomic mass is 32.1. The van der Waals surface area contributed by atoms with Gasteiger partial charge in [0.25, 0.3) is 5.56 Å². The lowest BCUT2D eigenvalue weighted by molar-refractivity contribution is -0.122. The van der Waals surface area contributed by atoms with Gasteiger partial charge in [-0.15, -0.1) is 11.3 Å². The van der Waals surface area contributed by atoms with E-state index in [1.807, 2.05) is 50.2 Å². The molecule has 0 aliphatic rings. The van der Waals surface area contributed by atoms with Crippen molar-refractivity contribution in [3.05, 3.63) is 75.7 Å². The summed E-state index contributed by atoms with van der Waals surface area (Å²) in [7, 11) is 3.16. The largest absolute Gasteiger partial charge is 0.497 e. The van der Waals surface area contributed by atoms with Crippen molar-refractivity contribution in [2.75, 3.05) is 14.2 Å². The number of hydrogen-bond donors (Lipinski definition) is 1. The summed E-state index contributed by atoms with van der Waals surface area (Å²) in [5, 5.41) is 3.48. The van der Waals surface area contributed by atoms with Crippen LogP contribution in [0.3, 0.4) is 0 Å². The van der Waals surface area contributed by atoms with Gasteiger partial charge in [0.2, 0.25) is 5.91 Å². The maximum Gasteiger partial charge on any atom is 0.263 e. The number of amides is 1. The summed E-state index contributed by atoms with van der Waals surface area (Å²) in [6.45, 7) is 3.70.